The number of pyridine rings is 7. The Balaban J connectivity index is 0.000000214. The van der Waals surface area contributed by atoms with Crippen LogP contribution in [0.3, 0.4) is 0 Å². The van der Waals surface area contributed by atoms with Crippen molar-refractivity contribution < 1.29 is 103 Å². The number of nitrogens with zero attached hydrogens (tertiary/aromatic N) is 7. The Labute approximate surface area is 698 Å². The smallest absolute Gasteiger partial charge is 0.409 e. The van der Waals surface area contributed by atoms with Gasteiger partial charge < -0.3 is 71.5 Å². The fourth-order valence-electron chi connectivity index (χ4n) is 14.5. The molecule has 5 aromatic carbocycles. The van der Waals surface area contributed by atoms with Crippen LogP contribution < -0.4 is 32.0 Å². The van der Waals surface area contributed by atoms with Gasteiger partial charge in [-0.3, -0.25) is 0 Å². The largest absolute Gasteiger partial charge is 0.504 e. The summed E-state index contributed by atoms with van der Waals surface area (Å²) in [4.78, 5) is 0. The summed E-state index contributed by atoms with van der Waals surface area (Å²) >= 11 is 0. The highest BCUT2D eigenvalue weighted by molar-refractivity contribution is 5.85. The number of aromatic nitrogens is 7. The molecule has 12 aromatic rings. The minimum Gasteiger partial charge on any atom is -0.504 e. The summed E-state index contributed by atoms with van der Waals surface area (Å²) in [6.07, 6.45) is 5.01. The van der Waals surface area contributed by atoms with Gasteiger partial charge in [-0.1, -0.05) is 145 Å². The van der Waals surface area contributed by atoms with E-state index < -0.39 is 0 Å². The van der Waals surface area contributed by atoms with E-state index in [4.69, 9.17) is 0 Å². The van der Waals surface area contributed by atoms with Crippen LogP contribution in [0.4, 0.5) is 0 Å². The number of hydrogen-bond donors (Lipinski definition) is 14. The predicted octanol–water partition coefficient (Wildman–Crippen LogP) is 20.4. The van der Waals surface area contributed by atoms with Crippen LogP contribution >= 0.6 is 0 Å². The summed E-state index contributed by atoms with van der Waals surface area (Å²) in [5.41, 5.74) is 12.2. The first-order chi connectivity index (χ1) is 55.0. The van der Waals surface area contributed by atoms with Crippen molar-refractivity contribution in [2.24, 2.45) is 0 Å². The minimum absolute atomic E-state index is 0.00241. The monoisotopic (exact) mass is 1620 g/mol. The van der Waals surface area contributed by atoms with Gasteiger partial charge in [-0.15, -0.1) is 0 Å². The van der Waals surface area contributed by atoms with Crippen molar-refractivity contribution in [2.45, 2.75) is 278 Å². The van der Waals surface area contributed by atoms with E-state index >= 15 is 0 Å². The molecule has 0 fully saturated rings. The lowest BCUT2D eigenvalue weighted by Gasteiger charge is -2.14. The molecule has 12 rings (SSSR count). The highest BCUT2D eigenvalue weighted by atomic mass is 16.3. The molecule has 0 aliphatic heterocycles. The van der Waals surface area contributed by atoms with Gasteiger partial charge in [0.15, 0.2) is 65.7 Å². The molecule has 0 aliphatic carbocycles. The van der Waals surface area contributed by atoms with Crippen LogP contribution in [-0.2, 0) is 0 Å². The third-order valence-electron chi connectivity index (χ3n) is 20.8. The van der Waals surface area contributed by atoms with E-state index in [9.17, 15) is 71.5 Å². The zero-order valence-corrected chi connectivity index (χ0v) is 74.8. The van der Waals surface area contributed by atoms with Gasteiger partial charge in [0, 0.05) is 65.6 Å². The van der Waals surface area contributed by atoms with E-state index in [0.717, 1.165) is 71.3 Å². The Kier molecular flexibility index (Phi) is 32.9. The highest BCUT2D eigenvalue weighted by Gasteiger charge is 2.32. The molecule has 7 heterocycles. The topological polar surface area (TPSA) is 310 Å². The quantitative estimate of drug-likeness (QED) is 0.0451. The lowest BCUT2D eigenvalue weighted by molar-refractivity contribution is -0.724. The van der Waals surface area contributed by atoms with Crippen molar-refractivity contribution in [1.29, 1.82) is 0 Å². The Morgan fingerprint density at radius 1 is 0.237 bits per heavy atom. The number of aromatic hydroxyl groups is 14. The van der Waals surface area contributed by atoms with Crippen LogP contribution in [0.15, 0.2) is 146 Å². The summed E-state index contributed by atoms with van der Waals surface area (Å²) in [5, 5.41) is 142. The summed E-state index contributed by atoms with van der Waals surface area (Å²) in [6, 6.07) is 41.3. The van der Waals surface area contributed by atoms with E-state index in [1.165, 1.54) is 22.3 Å². The summed E-state index contributed by atoms with van der Waals surface area (Å²) in [7, 11) is 0. The highest BCUT2D eigenvalue weighted by Crippen LogP contribution is 2.40. The van der Waals surface area contributed by atoms with Gasteiger partial charge in [0.1, 0.15) is 0 Å². The van der Waals surface area contributed by atoms with Crippen molar-refractivity contribution in [1.82, 2.24) is 0 Å². The fourth-order valence-corrected chi connectivity index (χ4v) is 14.5. The van der Waals surface area contributed by atoms with Crippen molar-refractivity contribution in [2.75, 3.05) is 0 Å². The second-order valence-electron chi connectivity index (χ2n) is 34.6. The van der Waals surface area contributed by atoms with Gasteiger partial charge in [0.25, 0.3) is 0 Å². The molecule has 7 aromatic heterocycles. The van der Waals surface area contributed by atoms with E-state index in [-0.39, 0.29) is 135 Å². The van der Waals surface area contributed by atoms with Crippen LogP contribution in [0, 0.1) is 0 Å². The molecule has 0 aliphatic rings. The van der Waals surface area contributed by atoms with Crippen LogP contribution in [0.2, 0.25) is 0 Å². The Bertz CT molecular complexity index is 5320. The molecule has 0 saturated carbocycles. The zero-order chi connectivity index (χ0) is 89.0. The van der Waals surface area contributed by atoms with Crippen LogP contribution in [-0.4, -0.2) is 71.5 Å². The van der Waals surface area contributed by atoms with Crippen molar-refractivity contribution in [3.8, 4) is 81.1 Å². The van der Waals surface area contributed by atoms with Crippen LogP contribution in [0.1, 0.15) is 317 Å². The molecule has 21 heteroatoms. The minimum atomic E-state index is -0.0755. The maximum atomic E-state index is 10.2. The summed E-state index contributed by atoms with van der Waals surface area (Å²) < 4.78 is 12.7. The zero-order valence-electron chi connectivity index (χ0n) is 74.8. The number of hydrogen-bond acceptors (Lipinski definition) is 14. The first-order valence-electron chi connectivity index (χ1n) is 41.4. The molecule has 118 heavy (non-hydrogen) atoms. The molecular formula is C97H136N7O14+7. The lowest BCUT2D eigenvalue weighted by atomic mass is 9.97. The first kappa shape index (κ1) is 95.5. The number of rotatable bonds is 14. The van der Waals surface area contributed by atoms with E-state index in [1.54, 1.807) is 65.6 Å². The van der Waals surface area contributed by atoms with Crippen molar-refractivity contribution in [3.63, 3.8) is 0 Å². The maximum Gasteiger partial charge on any atom is 0.409 e. The van der Waals surface area contributed by atoms with Gasteiger partial charge in [0.2, 0.25) is 80.2 Å². The third kappa shape index (κ3) is 22.1. The molecule has 14 N–H and O–H groups in total. The normalized spacial score (nSPS) is 11.6. The van der Waals surface area contributed by atoms with Crippen molar-refractivity contribution in [3.05, 3.63) is 185 Å². The van der Waals surface area contributed by atoms with E-state index in [1.807, 2.05) is 201 Å². The molecular weight excluding hydrogens is 1490 g/mol. The average molecular weight is 1620 g/mol. The molecule has 0 amide bonds. The Hall–Kier alpha value is -11.4. The van der Waals surface area contributed by atoms with Crippen molar-refractivity contribution >= 4 is 54.5 Å². The summed E-state index contributed by atoms with van der Waals surface area (Å²) in [5.74, 6) is 1.51. The number of benzene rings is 5. The SMILES string of the molecule is CC(C)c1c(O)c(O)[n+](C(C)C)c2ccccc12.CC(C)c1c[n+](C(C)C)cc(O)c1O.CC(C)c1cc(O)c(O)c[n+]1C(C)C.CC(C)c1ccc2c(c1)cc(O)c(O)[n+]2C(C)C.CC(C)c1ccc2cc(O)c(O)[n+](C(C)C)c2c1.CC(C)c1cccc2c1cc(O)c(O)[n+]2C(C)C.CC(C)c1cccc2cc(O)c(O)[n+](C(C)C)c12. The van der Waals surface area contributed by atoms with E-state index in [0.29, 0.717) is 29.6 Å². The Morgan fingerprint density at radius 2 is 0.669 bits per heavy atom. The first-order valence-corrected chi connectivity index (χ1v) is 41.4. The van der Waals surface area contributed by atoms with Gasteiger partial charge in [-0.25, -0.2) is 0 Å². The standard InChI is InChI=1S/5C15H19NO2.2C11H17NO2/c1-9(2)11-5-6-13-12(7-11)8-14(17)15(18)16(13)10(3)4;1-9(2)11-5-6-12-8-14(17)15(18)16(10(3)4)13(12)7-11;1-9(2)11-6-5-7-13-12(11)8-14(17)15(18)16(13)10(3)4;1-9(2)12-7-5-6-11-8-13(17)15(18)16(10(3)4)14(11)12;1-9(2)13-11-7-5-6-8-12(11)16(10(3)4)15(18)14(13)17;1-7(2)9-5-12(8(3)4)6-10(13)11(9)14;1-7(2)9-5-10(13)11(14)6-12(9)8(3)4/h5*5-10,17H,1-4H3;5-8,13H,1-4H3;5-8,14H,1-4H3/p+7. The predicted molar refractivity (Wildman–Crippen MR) is 469 cm³/mol. The van der Waals surface area contributed by atoms with E-state index in [2.05, 4.69) is 106 Å². The second-order valence-corrected chi connectivity index (χ2v) is 34.6. The van der Waals surface area contributed by atoms with Crippen LogP contribution in [0.25, 0.3) is 54.5 Å². The van der Waals surface area contributed by atoms with Gasteiger partial charge >= 0.3 is 29.4 Å². The summed E-state index contributed by atoms with van der Waals surface area (Å²) in [6.45, 7) is 57.2. The maximum absolute atomic E-state index is 10.2. The van der Waals surface area contributed by atoms with Crippen LogP contribution in [0.5, 0.6) is 81.1 Å². The Morgan fingerprint density at radius 3 is 1.16 bits per heavy atom. The molecule has 0 unspecified atom stereocenters. The number of fused-ring (bicyclic) bond motifs is 5. The van der Waals surface area contributed by atoms with Gasteiger partial charge in [-0.05, 0) is 173 Å². The molecule has 21 nitrogen and oxygen atoms in total. The third-order valence-corrected chi connectivity index (χ3v) is 20.8. The molecule has 0 radical (unpaired) electrons. The van der Waals surface area contributed by atoms with Gasteiger partial charge in [0.05, 0.1) is 38.6 Å². The molecule has 0 spiro atoms. The lowest BCUT2D eigenvalue weighted by Crippen LogP contribution is -2.40. The number of para-hydroxylation sites is 2. The molecule has 0 atom stereocenters. The molecule has 0 bridgehead atoms. The molecule has 636 valence electrons. The van der Waals surface area contributed by atoms with Gasteiger partial charge in [-0.2, -0.15) is 32.0 Å². The average Bonchev–Trinajstić information content (AvgIpc) is 0.771. The molecule has 0 saturated heterocycles. The fraction of sp³-hybridized carbons (Fsp3) is 0.433. The second kappa shape index (κ2) is 40.7.